The van der Waals surface area contributed by atoms with Crippen molar-refractivity contribution in [2.75, 3.05) is 7.11 Å². The van der Waals surface area contributed by atoms with Crippen molar-refractivity contribution in [2.24, 2.45) is 11.8 Å². The molecule has 0 heterocycles. The number of aliphatic hydroxyl groups excluding tert-OH is 2. The van der Waals surface area contributed by atoms with Crippen molar-refractivity contribution in [3.8, 4) is 0 Å². The zero-order valence-electron chi connectivity index (χ0n) is 19.5. The maximum absolute atomic E-state index is 10.6. The van der Waals surface area contributed by atoms with E-state index < -0.39 is 12.2 Å². The van der Waals surface area contributed by atoms with Crippen LogP contribution in [-0.4, -0.2) is 36.9 Å². The zero-order valence-corrected chi connectivity index (χ0v) is 24.2. The topological polar surface area (TPSA) is 58.9 Å². The third-order valence-electron chi connectivity index (χ3n) is 5.99. The molecule has 1 unspecified atom stereocenters. The molecule has 1 aliphatic rings. The van der Waals surface area contributed by atoms with E-state index in [1.165, 1.54) is 25.7 Å². The summed E-state index contributed by atoms with van der Waals surface area (Å²) in [7, 11) is 1.34. The molecular formula is C24H39AcO4P. The quantitative estimate of drug-likeness (QED) is 0.172. The van der Waals surface area contributed by atoms with Gasteiger partial charge < -0.3 is 19.5 Å². The first-order valence-corrected chi connectivity index (χ1v) is 11.4. The number of aliphatic hydroxyl groups is 2. The van der Waals surface area contributed by atoms with E-state index in [4.69, 9.17) is 10.5 Å². The summed E-state index contributed by atoms with van der Waals surface area (Å²) < 4.78 is 18.3. The molecule has 0 aromatic heterocycles. The summed E-state index contributed by atoms with van der Waals surface area (Å²) in [5.74, 6) is 0.194. The van der Waals surface area contributed by atoms with Crippen LogP contribution in [-0.2, 0) is 22.3 Å². The minimum atomic E-state index is -0.593. The Labute approximate surface area is 222 Å². The van der Waals surface area contributed by atoms with Crippen LogP contribution in [0.5, 0.6) is 0 Å². The van der Waals surface area contributed by atoms with Crippen LogP contribution in [0.3, 0.4) is 0 Å². The van der Waals surface area contributed by atoms with E-state index in [-0.39, 0.29) is 71.4 Å². The van der Waals surface area contributed by atoms with Crippen molar-refractivity contribution in [1.29, 1.82) is 1.28 Å². The Hall–Kier alpha value is 0.672. The van der Waals surface area contributed by atoms with Gasteiger partial charge in [0.1, 0.15) is 0 Å². The van der Waals surface area contributed by atoms with Crippen LogP contribution >= 0.6 is 9.41 Å². The average Bonchev–Trinajstić information content (AvgIpc) is 3.01. The SMILES string of the molecule is [3H]PO[C@@H]1C[C@H](O)[C@H](CCCCCCC)[C@H]1/C=C/[C@@H](O)Cc1cccc(COC)c1.[Ac]. The molecule has 1 fully saturated rings. The fourth-order valence-electron chi connectivity index (χ4n) is 4.44. The molecule has 6 atom stereocenters. The van der Waals surface area contributed by atoms with Crippen LogP contribution in [0.2, 0.25) is 0 Å². The van der Waals surface area contributed by atoms with E-state index in [9.17, 15) is 10.2 Å². The second-order valence-electron chi connectivity index (χ2n) is 8.31. The van der Waals surface area contributed by atoms with Crippen molar-refractivity contribution in [3.05, 3.63) is 47.5 Å². The Kier molecular flexibility index (Phi) is 14.6. The monoisotopic (exact) mass is 651 g/mol. The molecule has 2 rings (SSSR count). The van der Waals surface area contributed by atoms with Gasteiger partial charge in [0.2, 0.25) is 0 Å². The average molecular weight is 652 g/mol. The van der Waals surface area contributed by atoms with E-state index in [1.807, 2.05) is 30.4 Å². The Morgan fingerprint density at radius 3 is 2.77 bits per heavy atom. The summed E-state index contributed by atoms with van der Waals surface area (Å²) in [5.41, 5.74) is 2.17. The second kappa shape index (κ2) is 16.3. The number of hydrogen-bond acceptors (Lipinski definition) is 4. The standard InChI is InChI=1S/C24H39O4P.Ac/c1-3-4-5-6-7-11-21-22(24(28-29)16-23(21)26)13-12-20(25)15-18-9-8-10-19(14-18)17-27-2;/h8-10,12-14,20-26H,3-7,11,15-17,29H2,1-2H3;/b13-12+;/t20-,21-,22-,23+,24-;/m1./s1/i29T;/t20-,21-,22-,23+,24-,29?;. The smallest absolute Gasteiger partial charge is 0.0851 e. The first-order chi connectivity index (χ1) is 14.6. The molecule has 0 amide bonds. The van der Waals surface area contributed by atoms with Crippen LogP contribution in [0.4, 0.5) is 0 Å². The second-order valence-corrected chi connectivity index (χ2v) is 8.55. The number of ether oxygens (including phenoxy) is 1. The van der Waals surface area contributed by atoms with Gasteiger partial charge in [-0.05, 0) is 23.5 Å². The Bertz CT molecular complexity index is 633. The molecule has 1 aliphatic carbocycles. The zero-order chi connectivity index (χ0) is 21.8. The molecule has 4 nitrogen and oxygen atoms in total. The maximum atomic E-state index is 10.6. The molecule has 1 saturated carbocycles. The largest absolute Gasteiger partial charge is 0.393 e. The first kappa shape index (κ1) is 26.9. The number of methoxy groups -OCH3 is 1. The van der Waals surface area contributed by atoms with Gasteiger partial charge in [-0.2, -0.15) is 0 Å². The molecular weight excluding hydrogens is 610 g/mol. The molecule has 1 radical (unpaired) electrons. The minimum Gasteiger partial charge on any atom is -0.393 e. The third kappa shape index (κ3) is 9.66. The molecule has 1 aromatic rings. The van der Waals surface area contributed by atoms with Crippen LogP contribution in [0.1, 0.15) is 63.0 Å². The molecule has 1 aromatic carbocycles. The summed E-state index contributed by atoms with van der Waals surface area (Å²) in [4.78, 5) is 0. The van der Waals surface area contributed by atoms with Gasteiger partial charge in [-0.25, -0.2) is 0 Å². The number of hydrogen-bond donors (Lipinski definition) is 2. The van der Waals surface area contributed by atoms with Crippen molar-refractivity contribution in [1.82, 2.24) is 0 Å². The molecule has 0 bridgehead atoms. The van der Waals surface area contributed by atoms with Crippen molar-refractivity contribution in [2.45, 2.75) is 83.2 Å². The van der Waals surface area contributed by atoms with E-state index in [2.05, 4.69) is 13.0 Å². The first-order valence-electron chi connectivity index (χ1n) is 11.5. The van der Waals surface area contributed by atoms with Crippen molar-refractivity contribution < 1.29 is 63.5 Å². The van der Waals surface area contributed by atoms with Crippen LogP contribution in [0.15, 0.2) is 36.4 Å². The summed E-state index contributed by atoms with van der Waals surface area (Å²) in [6.45, 7) is 2.77. The summed E-state index contributed by atoms with van der Waals surface area (Å²) in [6.07, 6.45) is 10.9. The molecule has 0 spiro atoms. The van der Waals surface area contributed by atoms with E-state index in [1.54, 1.807) is 7.11 Å². The molecule has 6 heteroatoms. The molecule has 167 valence electrons. The number of rotatable bonds is 14. The normalized spacial score (nSPS) is 25.7. The van der Waals surface area contributed by atoms with Gasteiger partial charge in [0.05, 0.1) is 26.2 Å². The number of unbranched alkanes of at least 4 members (excludes halogenated alkanes) is 4. The third-order valence-corrected chi connectivity index (χ3v) is 6.29. The van der Waals surface area contributed by atoms with Gasteiger partial charge in [0, 0.05) is 79.3 Å². The number of benzene rings is 1. The molecule has 0 saturated heterocycles. The van der Waals surface area contributed by atoms with Gasteiger partial charge >= 0.3 is 0 Å². The van der Waals surface area contributed by atoms with Gasteiger partial charge in [0.15, 0.2) is 0 Å². The van der Waals surface area contributed by atoms with Gasteiger partial charge in [-0.15, -0.1) is 0 Å². The summed E-state index contributed by atoms with van der Waals surface area (Å²) >= 11 is 0. The molecule has 0 aliphatic heterocycles. The Morgan fingerprint density at radius 2 is 2.03 bits per heavy atom. The molecule has 30 heavy (non-hydrogen) atoms. The predicted molar refractivity (Wildman–Crippen MR) is 122 cm³/mol. The predicted octanol–water partition coefficient (Wildman–Crippen LogP) is 4.83. The van der Waals surface area contributed by atoms with Gasteiger partial charge in [0.25, 0.3) is 0 Å². The van der Waals surface area contributed by atoms with Crippen LogP contribution < -0.4 is 0 Å². The fourth-order valence-corrected chi connectivity index (χ4v) is 4.70. The van der Waals surface area contributed by atoms with Crippen molar-refractivity contribution >= 4 is 9.41 Å². The molecule has 2 N–H and O–H groups in total. The van der Waals surface area contributed by atoms with Gasteiger partial charge in [-0.3, -0.25) is 0 Å². The van der Waals surface area contributed by atoms with Crippen LogP contribution in [0, 0.1) is 55.9 Å². The fraction of sp³-hybridized carbons (Fsp3) is 0.667. The van der Waals surface area contributed by atoms with Gasteiger partial charge in [-0.1, -0.05) is 75.4 Å². The minimum absolute atomic E-state index is 0. The summed E-state index contributed by atoms with van der Waals surface area (Å²) in [6, 6.07) is 8.08. The van der Waals surface area contributed by atoms with Crippen molar-refractivity contribution in [3.63, 3.8) is 0 Å². The van der Waals surface area contributed by atoms with Crippen LogP contribution in [0.25, 0.3) is 0 Å². The van der Waals surface area contributed by atoms with E-state index in [0.29, 0.717) is 19.4 Å². The maximum Gasteiger partial charge on any atom is 0.0851 e. The van der Waals surface area contributed by atoms with E-state index >= 15 is 0 Å². The Balaban J connectivity index is 0.00000480. The Morgan fingerprint density at radius 1 is 1.27 bits per heavy atom. The summed E-state index contributed by atoms with van der Waals surface area (Å²) in [5, 5.41) is 21.2. The van der Waals surface area contributed by atoms with E-state index in [0.717, 1.165) is 24.0 Å².